The molecule has 1 spiro atoms. The van der Waals surface area contributed by atoms with Crippen LogP contribution in [0.25, 0.3) is 0 Å². The SMILES string of the molecule is CN1C(=O)[C@@]2(C=CC(C)(C)CC2)c2ccccc21. The molecule has 1 aliphatic carbocycles. The summed E-state index contributed by atoms with van der Waals surface area (Å²) in [4.78, 5) is 14.4. The molecule has 1 heterocycles. The molecule has 1 amide bonds. The van der Waals surface area contributed by atoms with E-state index in [2.05, 4.69) is 32.1 Å². The van der Waals surface area contributed by atoms with E-state index in [1.54, 1.807) is 4.90 Å². The first-order valence-corrected chi connectivity index (χ1v) is 6.54. The highest BCUT2D eigenvalue weighted by atomic mass is 16.2. The summed E-state index contributed by atoms with van der Waals surface area (Å²) < 4.78 is 0. The Kier molecular flexibility index (Phi) is 2.22. The van der Waals surface area contributed by atoms with Crippen LogP contribution >= 0.6 is 0 Å². The normalized spacial score (nSPS) is 28.8. The van der Waals surface area contributed by atoms with Crippen molar-refractivity contribution < 1.29 is 4.79 Å². The molecule has 0 bridgehead atoms. The number of carbonyl (C=O) groups is 1. The summed E-state index contributed by atoms with van der Waals surface area (Å²) >= 11 is 0. The average Bonchev–Trinajstić information content (AvgIpc) is 2.57. The van der Waals surface area contributed by atoms with Gasteiger partial charge in [0.05, 0.1) is 5.41 Å². The number of allylic oxidation sites excluding steroid dienone is 1. The van der Waals surface area contributed by atoms with Crippen LogP contribution in [0.3, 0.4) is 0 Å². The van der Waals surface area contributed by atoms with Gasteiger partial charge in [0, 0.05) is 12.7 Å². The molecule has 1 atom stereocenters. The van der Waals surface area contributed by atoms with Crippen LogP contribution in [0.15, 0.2) is 36.4 Å². The lowest BCUT2D eigenvalue weighted by Crippen LogP contribution is -2.40. The van der Waals surface area contributed by atoms with E-state index in [4.69, 9.17) is 0 Å². The number of rotatable bonds is 0. The van der Waals surface area contributed by atoms with Crippen LogP contribution in [-0.2, 0) is 10.2 Å². The van der Waals surface area contributed by atoms with Crippen LogP contribution in [0.1, 0.15) is 32.3 Å². The molecule has 0 saturated carbocycles. The molecule has 0 N–H and O–H groups in total. The molecular weight excluding hydrogens is 222 g/mol. The van der Waals surface area contributed by atoms with Gasteiger partial charge in [-0.2, -0.15) is 0 Å². The van der Waals surface area contributed by atoms with Crippen LogP contribution < -0.4 is 4.90 Å². The molecule has 94 valence electrons. The molecule has 2 nitrogen and oxygen atoms in total. The van der Waals surface area contributed by atoms with Gasteiger partial charge in [0.25, 0.3) is 0 Å². The van der Waals surface area contributed by atoms with Crippen LogP contribution in [0.4, 0.5) is 5.69 Å². The van der Waals surface area contributed by atoms with Gasteiger partial charge in [0.15, 0.2) is 0 Å². The lowest BCUT2D eigenvalue weighted by atomic mass is 9.68. The molecule has 0 fully saturated rings. The average molecular weight is 241 g/mol. The van der Waals surface area contributed by atoms with Crippen molar-refractivity contribution in [3.8, 4) is 0 Å². The van der Waals surface area contributed by atoms with Crippen LogP contribution in [-0.4, -0.2) is 13.0 Å². The zero-order valence-electron chi connectivity index (χ0n) is 11.2. The van der Waals surface area contributed by atoms with E-state index in [9.17, 15) is 4.79 Å². The fraction of sp³-hybridized carbons (Fsp3) is 0.438. The van der Waals surface area contributed by atoms with Crippen molar-refractivity contribution in [2.75, 3.05) is 11.9 Å². The molecule has 3 rings (SSSR count). The predicted molar refractivity (Wildman–Crippen MR) is 73.7 cm³/mol. The first-order chi connectivity index (χ1) is 8.46. The Hall–Kier alpha value is -1.57. The Labute approximate surface area is 108 Å². The van der Waals surface area contributed by atoms with E-state index in [-0.39, 0.29) is 11.3 Å². The third kappa shape index (κ3) is 1.38. The summed E-state index contributed by atoms with van der Waals surface area (Å²) in [5, 5.41) is 0. The Bertz CT molecular complexity index is 544. The van der Waals surface area contributed by atoms with E-state index >= 15 is 0 Å². The van der Waals surface area contributed by atoms with Crippen molar-refractivity contribution >= 4 is 11.6 Å². The molecule has 0 aromatic heterocycles. The number of hydrogen-bond donors (Lipinski definition) is 0. The van der Waals surface area contributed by atoms with E-state index in [1.165, 1.54) is 5.56 Å². The fourth-order valence-electron chi connectivity index (χ4n) is 3.12. The zero-order valence-corrected chi connectivity index (χ0v) is 11.2. The number of benzene rings is 1. The quantitative estimate of drug-likeness (QED) is 0.638. The first kappa shape index (κ1) is 11.5. The second kappa shape index (κ2) is 3.47. The number of anilines is 1. The van der Waals surface area contributed by atoms with Crippen molar-refractivity contribution in [1.82, 2.24) is 0 Å². The minimum atomic E-state index is -0.402. The second-order valence-corrected chi connectivity index (χ2v) is 6.17. The lowest BCUT2D eigenvalue weighted by Gasteiger charge is -2.34. The smallest absolute Gasteiger partial charge is 0.241 e. The first-order valence-electron chi connectivity index (χ1n) is 6.54. The maximum atomic E-state index is 12.6. The molecule has 0 radical (unpaired) electrons. The van der Waals surface area contributed by atoms with Crippen LogP contribution in [0.2, 0.25) is 0 Å². The number of carbonyl (C=O) groups excluding carboxylic acids is 1. The summed E-state index contributed by atoms with van der Waals surface area (Å²) in [6, 6.07) is 8.16. The fourth-order valence-corrected chi connectivity index (χ4v) is 3.12. The summed E-state index contributed by atoms with van der Waals surface area (Å²) in [6.45, 7) is 4.46. The predicted octanol–water partition coefficient (Wildman–Crippen LogP) is 3.28. The molecule has 0 unspecified atom stereocenters. The maximum Gasteiger partial charge on any atom is 0.241 e. The Morgan fingerprint density at radius 1 is 1.11 bits per heavy atom. The third-order valence-electron chi connectivity index (χ3n) is 4.42. The number of para-hydroxylation sites is 1. The number of likely N-dealkylation sites (N-methyl/N-ethyl adjacent to an activating group) is 1. The maximum absolute atomic E-state index is 12.6. The van der Waals surface area contributed by atoms with Gasteiger partial charge in [0.1, 0.15) is 0 Å². The second-order valence-electron chi connectivity index (χ2n) is 6.17. The summed E-state index contributed by atoms with van der Waals surface area (Å²) in [6.07, 6.45) is 6.32. The molecule has 18 heavy (non-hydrogen) atoms. The largest absolute Gasteiger partial charge is 0.314 e. The highest BCUT2D eigenvalue weighted by molar-refractivity contribution is 6.09. The van der Waals surface area contributed by atoms with Gasteiger partial charge in [-0.25, -0.2) is 0 Å². The molecule has 1 aromatic carbocycles. The molecule has 2 aliphatic rings. The Balaban J connectivity index is 2.17. The van der Waals surface area contributed by atoms with E-state index < -0.39 is 5.41 Å². The standard InChI is InChI=1S/C16H19NO/c1-15(2)8-10-16(11-9-15)12-6-4-5-7-13(12)17(3)14(16)18/h4-8,10H,9,11H2,1-3H3/t16-/m1/s1. The monoisotopic (exact) mass is 241 g/mol. The van der Waals surface area contributed by atoms with Gasteiger partial charge in [-0.05, 0) is 29.9 Å². The highest BCUT2D eigenvalue weighted by Gasteiger charge is 2.49. The summed E-state index contributed by atoms with van der Waals surface area (Å²) in [7, 11) is 1.88. The number of amides is 1. The van der Waals surface area contributed by atoms with Crippen molar-refractivity contribution in [3.05, 3.63) is 42.0 Å². The molecule has 1 aromatic rings. The number of fused-ring (bicyclic) bond motifs is 2. The van der Waals surface area contributed by atoms with E-state index in [0.717, 1.165) is 18.5 Å². The molecule has 1 aliphatic heterocycles. The number of nitrogens with zero attached hydrogens (tertiary/aromatic N) is 1. The Morgan fingerprint density at radius 3 is 2.50 bits per heavy atom. The summed E-state index contributed by atoms with van der Waals surface area (Å²) in [5.41, 5.74) is 2.04. The van der Waals surface area contributed by atoms with Crippen molar-refractivity contribution in [3.63, 3.8) is 0 Å². The van der Waals surface area contributed by atoms with Gasteiger partial charge in [-0.3, -0.25) is 4.79 Å². The summed E-state index contributed by atoms with van der Waals surface area (Å²) in [5.74, 6) is 0.218. The Morgan fingerprint density at radius 2 is 1.83 bits per heavy atom. The topological polar surface area (TPSA) is 20.3 Å². The van der Waals surface area contributed by atoms with Gasteiger partial charge in [-0.15, -0.1) is 0 Å². The minimum absolute atomic E-state index is 0.210. The molecule has 0 saturated heterocycles. The van der Waals surface area contributed by atoms with Crippen LogP contribution in [0, 0.1) is 5.41 Å². The highest BCUT2D eigenvalue weighted by Crippen LogP contribution is 2.49. The van der Waals surface area contributed by atoms with Gasteiger partial charge in [0.2, 0.25) is 5.91 Å². The van der Waals surface area contributed by atoms with Crippen molar-refractivity contribution in [2.24, 2.45) is 5.41 Å². The van der Waals surface area contributed by atoms with E-state index in [1.807, 2.05) is 25.2 Å². The third-order valence-corrected chi connectivity index (χ3v) is 4.42. The molecule has 2 heteroatoms. The molecular formula is C16H19NO. The van der Waals surface area contributed by atoms with E-state index in [0.29, 0.717) is 0 Å². The lowest BCUT2D eigenvalue weighted by molar-refractivity contribution is -0.121. The van der Waals surface area contributed by atoms with Crippen molar-refractivity contribution in [1.29, 1.82) is 0 Å². The zero-order chi connectivity index (χ0) is 13.0. The van der Waals surface area contributed by atoms with Crippen LogP contribution in [0.5, 0.6) is 0 Å². The van der Waals surface area contributed by atoms with Gasteiger partial charge in [-0.1, -0.05) is 44.2 Å². The van der Waals surface area contributed by atoms with Crippen molar-refractivity contribution in [2.45, 2.75) is 32.1 Å². The van der Waals surface area contributed by atoms with Gasteiger partial charge < -0.3 is 4.90 Å². The minimum Gasteiger partial charge on any atom is -0.314 e. The number of hydrogen-bond acceptors (Lipinski definition) is 1. The van der Waals surface area contributed by atoms with Gasteiger partial charge >= 0.3 is 0 Å².